The molecule has 0 aliphatic heterocycles. The Hall–Kier alpha value is -3.28. The number of carboxylic acids is 1. The van der Waals surface area contributed by atoms with Crippen molar-refractivity contribution < 1.29 is 19.1 Å². The average molecular weight is 449 g/mol. The minimum atomic E-state index is -0.740. The molecule has 0 fully saturated rings. The van der Waals surface area contributed by atoms with Crippen molar-refractivity contribution in [1.29, 1.82) is 0 Å². The highest BCUT2D eigenvalue weighted by Gasteiger charge is 2.25. The Bertz CT molecular complexity index is 1120. The number of hydrogen-bond donors (Lipinski definition) is 1. The largest absolute Gasteiger partial charge is 0.493 e. The molecule has 1 N–H and O–H groups in total. The normalized spacial score (nSPS) is 14.8. The van der Waals surface area contributed by atoms with E-state index in [2.05, 4.69) is 36.9 Å². The van der Waals surface area contributed by atoms with Gasteiger partial charge in [-0.25, -0.2) is 4.98 Å². The molecule has 0 saturated carbocycles. The third kappa shape index (κ3) is 5.21. The van der Waals surface area contributed by atoms with Crippen LogP contribution >= 0.6 is 0 Å². The van der Waals surface area contributed by atoms with Crippen LogP contribution in [0.5, 0.6) is 5.75 Å². The van der Waals surface area contributed by atoms with Crippen LogP contribution in [0.15, 0.2) is 46.9 Å². The van der Waals surface area contributed by atoms with Crippen LogP contribution in [0.2, 0.25) is 0 Å². The summed E-state index contributed by atoms with van der Waals surface area (Å²) in [4.78, 5) is 18.1. The first-order valence-electron chi connectivity index (χ1n) is 11.8. The molecule has 1 aromatic heterocycles. The highest BCUT2D eigenvalue weighted by Crippen LogP contribution is 2.37. The molecule has 0 radical (unpaired) electrons. The third-order valence-electron chi connectivity index (χ3n) is 6.46. The summed E-state index contributed by atoms with van der Waals surface area (Å²) in [5.41, 5.74) is 5.39. The zero-order valence-corrected chi connectivity index (χ0v) is 19.6. The average Bonchev–Trinajstić information content (AvgIpc) is 3.37. The van der Waals surface area contributed by atoms with Gasteiger partial charge in [-0.2, -0.15) is 0 Å². The number of rotatable bonds is 10. The number of carbonyl (C=O) groups is 1. The molecule has 1 heterocycles. The molecule has 0 bridgehead atoms. The highest BCUT2D eigenvalue weighted by molar-refractivity contribution is 5.68. The molecule has 6 nitrogen and oxygen atoms in total. The van der Waals surface area contributed by atoms with Gasteiger partial charge in [-0.3, -0.25) is 4.79 Å². The molecule has 0 spiro atoms. The zero-order valence-electron chi connectivity index (χ0n) is 19.6. The Balaban J connectivity index is 1.39. The smallest absolute Gasteiger partial charge is 0.303 e. The summed E-state index contributed by atoms with van der Waals surface area (Å²) in [5, 5.41) is 9.10. The van der Waals surface area contributed by atoms with E-state index in [0.29, 0.717) is 18.9 Å². The van der Waals surface area contributed by atoms with E-state index in [1.807, 2.05) is 31.2 Å². The van der Waals surface area contributed by atoms with Crippen LogP contribution in [-0.2, 0) is 17.6 Å². The molecule has 3 aromatic rings. The molecule has 33 heavy (non-hydrogen) atoms. The van der Waals surface area contributed by atoms with Crippen molar-refractivity contribution >= 4 is 11.7 Å². The summed E-state index contributed by atoms with van der Waals surface area (Å²) in [6.07, 6.45) is 2.65. The summed E-state index contributed by atoms with van der Waals surface area (Å²) >= 11 is 0. The maximum atomic E-state index is 11.1. The van der Waals surface area contributed by atoms with E-state index in [9.17, 15) is 4.79 Å². The first-order chi connectivity index (χ1) is 16.0. The van der Waals surface area contributed by atoms with Gasteiger partial charge in [0, 0.05) is 30.8 Å². The van der Waals surface area contributed by atoms with Crippen molar-refractivity contribution in [3.8, 4) is 17.2 Å². The lowest BCUT2D eigenvalue weighted by Gasteiger charge is -2.21. The molecule has 0 amide bonds. The summed E-state index contributed by atoms with van der Waals surface area (Å²) in [5.74, 6) is 1.64. The Morgan fingerprint density at radius 2 is 2.03 bits per heavy atom. The lowest BCUT2D eigenvalue weighted by atomic mass is 9.98. The number of nitrogens with zero attached hydrogens (tertiary/aromatic N) is 2. The fourth-order valence-corrected chi connectivity index (χ4v) is 4.67. The SMILES string of the molecule is CCN(CC)c1cccc(-c2nc(CCOc3ccc4c(c3)CC[C@H]4CC(=O)O)c(C)o2)c1. The number of aryl methyl sites for hydroxylation is 2. The van der Waals surface area contributed by atoms with Gasteiger partial charge in [-0.05, 0) is 81.0 Å². The van der Waals surface area contributed by atoms with Crippen LogP contribution in [0, 0.1) is 6.92 Å². The number of benzene rings is 2. The highest BCUT2D eigenvalue weighted by atomic mass is 16.5. The number of fused-ring (bicyclic) bond motifs is 1. The van der Waals surface area contributed by atoms with Crippen molar-refractivity contribution in [2.45, 2.75) is 52.4 Å². The minimum Gasteiger partial charge on any atom is -0.493 e. The van der Waals surface area contributed by atoms with Crippen LogP contribution in [0.1, 0.15) is 55.2 Å². The second-order valence-electron chi connectivity index (χ2n) is 8.54. The predicted octanol–water partition coefficient (Wildman–Crippen LogP) is 5.62. The van der Waals surface area contributed by atoms with Crippen LogP contribution in [-0.4, -0.2) is 35.8 Å². The number of oxazole rings is 1. The third-order valence-corrected chi connectivity index (χ3v) is 6.46. The van der Waals surface area contributed by atoms with E-state index in [4.69, 9.17) is 19.2 Å². The predicted molar refractivity (Wildman–Crippen MR) is 129 cm³/mol. The lowest BCUT2D eigenvalue weighted by molar-refractivity contribution is -0.137. The Kier molecular flexibility index (Phi) is 7.02. The molecule has 1 aliphatic carbocycles. The second kappa shape index (κ2) is 10.1. The van der Waals surface area contributed by atoms with E-state index in [1.54, 1.807) is 0 Å². The van der Waals surface area contributed by atoms with Crippen LogP contribution in [0.4, 0.5) is 5.69 Å². The summed E-state index contributed by atoms with van der Waals surface area (Å²) < 4.78 is 12.0. The van der Waals surface area contributed by atoms with Crippen molar-refractivity contribution in [3.05, 3.63) is 65.0 Å². The molecule has 1 atom stereocenters. The van der Waals surface area contributed by atoms with Crippen molar-refractivity contribution in [3.63, 3.8) is 0 Å². The van der Waals surface area contributed by atoms with Crippen LogP contribution in [0.25, 0.3) is 11.5 Å². The van der Waals surface area contributed by atoms with Crippen LogP contribution in [0.3, 0.4) is 0 Å². The van der Waals surface area contributed by atoms with Gasteiger partial charge in [0.2, 0.25) is 5.89 Å². The topological polar surface area (TPSA) is 75.8 Å². The van der Waals surface area contributed by atoms with Gasteiger partial charge in [0.15, 0.2) is 0 Å². The quantitative estimate of drug-likeness (QED) is 0.434. The Morgan fingerprint density at radius 3 is 2.79 bits per heavy atom. The maximum Gasteiger partial charge on any atom is 0.303 e. The fourth-order valence-electron chi connectivity index (χ4n) is 4.67. The van der Waals surface area contributed by atoms with E-state index in [0.717, 1.165) is 54.3 Å². The lowest BCUT2D eigenvalue weighted by Crippen LogP contribution is -2.21. The van der Waals surface area contributed by atoms with E-state index in [-0.39, 0.29) is 12.3 Å². The first kappa shape index (κ1) is 22.9. The van der Waals surface area contributed by atoms with Crippen molar-refractivity contribution in [1.82, 2.24) is 4.98 Å². The van der Waals surface area contributed by atoms with E-state index >= 15 is 0 Å². The zero-order chi connectivity index (χ0) is 23.4. The van der Waals surface area contributed by atoms with E-state index < -0.39 is 5.97 Å². The van der Waals surface area contributed by atoms with Crippen molar-refractivity contribution in [2.24, 2.45) is 0 Å². The van der Waals surface area contributed by atoms with Crippen molar-refractivity contribution in [2.75, 3.05) is 24.6 Å². The number of anilines is 1. The number of aromatic nitrogens is 1. The molecular weight excluding hydrogens is 416 g/mol. The van der Waals surface area contributed by atoms with Gasteiger partial charge in [0.1, 0.15) is 11.5 Å². The molecule has 6 heteroatoms. The maximum absolute atomic E-state index is 11.1. The molecule has 1 aliphatic rings. The van der Waals surface area contributed by atoms with Gasteiger partial charge in [-0.1, -0.05) is 12.1 Å². The summed E-state index contributed by atoms with van der Waals surface area (Å²) in [6, 6.07) is 14.3. The summed E-state index contributed by atoms with van der Waals surface area (Å²) in [6.45, 7) is 8.66. The van der Waals surface area contributed by atoms with Gasteiger partial charge in [0.25, 0.3) is 0 Å². The number of hydrogen-bond acceptors (Lipinski definition) is 5. The molecule has 174 valence electrons. The van der Waals surface area contributed by atoms with Crippen LogP contribution < -0.4 is 9.64 Å². The molecule has 4 rings (SSSR count). The molecule has 0 unspecified atom stereocenters. The monoisotopic (exact) mass is 448 g/mol. The van der Waals surface area contributed by atoms with Gasteiger partial charge >= 0.3 is 5.97 Å². The van der Waals surface area contributed by atoms with E-state index in [1.165, 1.54) is 11.3 Å². The van der Waals surface area contributed by atoms with Gasteiger partial charge in [-0.15, -0.1) is 0 Å². The molecule has 2 aromatic carbocycles. The molecular formula is C27H32N2O4. The number of carboxylic acid groups (broad SMARTS) is 1. The number of ether oxygens (including phenoxy) is 1. The standard InChI is InChI=1S/C27H32N2O4/c1-4-29(5-2)22-8-6-7-21(15-22)27-28-25(18(3)33-27)13-14-32-23-11-12-24-19(16-23)9-10-20(24)17-26(30)31/h6-8,11-12,15-16,20H,4-5,9-10,13-14,17H2,1-3H3,(H,30,31)/t20-/m0/s1. The van der Waals surface area contributed by atoms with Gasteiger partial charge in [0.05, 0.1) is 18.7 Å². The minimum absolute atomic E-state index is 0.114. The summed E-state index contributed by atoms with van der Waals surface area (Å²) in [7, 11) is 0. The Morgan fingerprint density at radius 1 is 1.21 bits per heavy atom. The second-order valence-corrected chi connectivity index (χ2v) is 8.54. The Labute approximate surface area is 195 Å². The fraction of sp³-hybridized carbons (Fsp3) is 0.407. The van der Waals surface area contributed by atoms with Gasteiger partial charge < -0.3 is 19.2 Å². The number of aliphatic carboxylic acids is 1. The molecule has 0 saturated heterocycles. The first-order valence-corrected chi connectivity index (χ1v) is 11.8.